The Balaban J connectivity index is 2.24. The lowest BCUT2D eigenvalue weighted by atomic mass is 10.2. The summed E-state index contributed by atoms with van der Waals surface area (Å²) >= 11 is 7.25. The topological polar surface area (TPSA) is 51.4 Å². The zero-order valence-corrected chi connectivity index (χ0v) is 15.1. The minimum atomic E-state index is -3.82. The van der Waals surface area contributed by atoms with Gasteiger partial charge in [0, 0.05) is 5.02 Å². The van der Waals surface area contributed by atoms with Crippen LogP contribution >= 0.6 is 22.9 Å². The van der Waals surface area contributed by atoms with Crippen LogP contribution in [0.25, 0.3) is 10.2 Å². The van der Waals surface area contributed by atoms with Crippen LogP contribution in [0.1, 0.15) is 5.56 Å². The Morgan fingerprint density at radius 3 is 2.62 bits per heavy atom. The van der Waals surface area contributed by atoms with Crippen LogP contribution in [0.2, 0.25) is 5.02 Å². The third-order valence-corrected chi connectivity index (χ3v) is 6.08. The Morgan fingerprint density at radius 2 is 1.96 bits per heavy atom. The second-order valence-corrected chi connectivity index (χ2v) is 8.22. The molecule has 3 rings (SSSR count). The first-order valence-corrected chi connectivity index (χ1v) is 9.64. The third kappa shape index (κ3) is 3.24. The summed E-state index contributed by atoms with van der Waals surface area (Å²) in [7, 11) is -3.82. The molecule has 0 saturated carbocycles. The quantitative estimate of drug-likeness (QED) is 0.656. The first-order valence-electron chi connectivity index (χ1n) is 7.01. The lowest BCUT2D eigenvalue weighted by molar-refractivity contribution is 0.596. The van der Waals surface area contributed by atoms with Gasteiger partial charge in [-0.2, -0.15) is 8.42 Å². The molecule has 1 heterocycles. The predicted molar refractivity (Wildman–Crippen MR) is 97.6 cm³/mol. The van der Waals surface area contributed by atoms with Crippen molar-refractivity contribution in [2.24, 2.45) is 4.40 Å². The zero-order valence-electron chi connectivity index (χ0n) is 12.7. The number of halogens is 1. The molecule has 0 spiro atoms. The van der Waals surface area contributed by atoms with Gasteiger partial charge in [-0.15, -0.1) is 10.8 Å². The molecule has 0 radical (unpaired) electrons. The highest BCUT2D eigenvalue weighted by atomic mass is 35.5. The Hall–Kier alpha value is -2.07. The van der Waals surface area contributed by atoms with Gasteiger partial charge in [-0.3, -0.25) is 0 Å². The summed E-state index contributed by atoms with van der Waals surface area (Å²) in [6.07, 6.45) is 5.42. The minimum absolute atomic E-state index is 0.149. The highest BCUT2D eigenvalue weighted by Gasteiger charge is 2.14. The first kappa shape index (κ1) is 16.8. The highest BCUT2D eigenvalue weighted by Crippen LogP contribution is 2.22. The van der Waals surface area contributed by atoms with E-state index < -0.39 is 10.0 Å². The molecule has 4 nitrogen and oxygen atoms in total. The maximum atomic E-state index is 12.6. The molecule has 7 heteroatoms. The van der Waals surface area contributed by atoms with Crippen molar-refractivity contribution < 1.29 is 8.42 Å². The summed E-state index contributed by atoms with van der Waals surface area (Å²) in [6, 6.07) is 11.9. The number of nitrogens with zero attached hydrogens (tertiary/aromatic N) is 2. The van der Waals surface area contributed by atoms with Gasteiger partial charge in [-0.05, 0) is 37.3 Å². The zero-order chi connectivity index (χ0) is 17.3. The van der Waals surface area contributed by atoms with Crippen molar-refractivity contribution >= 4 is 43.2 Å². The van der Waals surface area contributed by atoms with Crippen LogP contribution in [0.3, 0.4) is 0 Å². The molecular formula is C17H13ClN2O2S2. The van der Waals surface area contributed by atoms with Gasteiger partial charge in [0.25, 0.3) is 10.0 Å². The first-order chi connectivity index (χ1) is 11.4. The van der Waals surface area contributed by atoms with Gasteiger partial charge >= 0.3 is 0 Å². The van der Waals surface area contributed by atoms with E-state index in [-0.39, 0.29) is 11.4 Å². The third-order valence-electron chi connectivity index (χ3n) is 3.41. The monoisotopic (exact) mass is 376 g/mol. The molecule has 122 valence electrons. The normalized spacial score (nSPS) is 12.5. The fraction of sp³-hybridized carbons (Fsp3) is 0.118. The molecule has 0 atom stereocenters. The van der Waals surface area contributed by atoms with Crippen LogP contribution in [0, 0.1) is 19.3 Å². The number of sulfonamides is 1. The van der Waals surface area contributed by atoms with Crippen molar-refractivity contribution in [2.45, 2.75) is 18.4 Å². The summed E-state index contributed by atoms with van der Waals surface area (Å²) in [5.41, 5.74) is 1.79. The van der Waals surface area contributed by atoms with E-state index in [0.717, 1.165) is 15.8 Å². The van der Waals surface area contributed by atoms with Gasteiger partial charge in [0.15, 0.2) is 0 Å². The summed E-state index contributed by atoms with van der Waals surface area (Å²) in [5.74, 6) is 2.53. The predicted octanol–water partition coefficient (Wildman–Crippen LogP) is 3.59. The maximum Gasteiger partial charge on any atom is 0.285 e. The number of aromatic nitrogens is 1. The number of terminal acetylenes is 1. The van der Waals surface area contributed by atoms with E-state index in [9.17, 15) is 8.42 Å². The van der Waals surface area contributed by atoms with Crippen LogP contribution in [0.4, 0.5) is 0 Å². The standard InChI is InChI=1S/C17H13ClN2O2S2/c1-3-10-20-15-9-6-13(18)11-16(15)23-17(20)19-24(21,22)14-7-4-12(2)5-8-14/h1,4-9,11H,10H2,2H3. The molecule has 0 aliphatic carbocycles. The molecule has 3 aromatic rings. The molecule has 0 bridgehead atoms. The summed E-state index contributed by atoms with van der Waals surface area (Å²) in [6.45, 7) is 2.12. The van der Waals surface area contributed by atoms with Crippen molar-refractivity contribution in [2.75, 3.05) is 0 Å². The second-order valence-electron chi connectivity index (χ2n) is 5.17. The van der Waals surface area contributed by atoms with E-state index in [1.807, 2.05) is 13.0 Å². The number of hydrogen-bond donors (Lipinski definition) is 0. The average molecular weight is 377 g/mol. The van der Waals surface area contributed by atoms with Gasteiger partial charge in [-0.25, -0.2) is 0 Å². The number of hydrogen-bond acceptors (Lipinski definition) is 3. The van der Waals surface area contributed by atoms with Crippen molar-refractivity contribution in [3.05, 3.63) is 57.9 Å². The van der Waals surface area contributed by atoms with Crippen LogP contribution in [0.5, 0.6) is 0 Å². The van der Waals surface area contributed by atoms with Gasteiger partial charge in [0.1, 0.15) is 0 Å². The van der Waals surface area contributed by atoms with Gasteiger partial charge in [0.2, 0.25) is 4.80 Å². The largest absolute Gasteiger partial charge is 0.304 e. The lowest BCUT2D eigenvalue weighted by Crippen LogP contribution is -2.16. The molecule has 24 heavy (non-hydrogen) atoms. The minimum Gasteiger partial charge on any atom is -0.304 e. The number of rotatable bonds is 3. The van der Waals surface area contributed by atoms with Gasteiger partial charge < -0.3 is 4.57 Å². The number of fused-ring (bicyclic) bond motifs is 1. The fourth-order valence-corrected chi connectivity index (χ4v) is 4.74. The summed E-state index contributed by atoms with van der Waals surface area (Å²) < 4.78 is 31.6. The van der Waals surface area contributed by atoms with E-state index in [0.29, 0.717) is 9.82 Å². The smallest absolute Gasteiger partial charge is 0.285 e. The maximum absolute atomic E-state index is 12.6. The van der Waals surface area contributed by atoms with Gasteiger partial charge in [-0.1, -0.05) is 46.6 Å². The van der Waals surface area contributed by atoms with Gasteiger partial charge in [0.05, 0.1) is 21.7 Å². The van der Waals surface area contributed by atoms with E-state index in [1.54, 1.807) is 41.0 Å². The van der Waals surface area contributed by atoms with Crippen LogP contribution in [-0.2, 0) is 16.6 Å². The number of benzene rings is 2. The van der Waals surface area contributed by atoms with E-state index in [2.05, 4.69) is 10.3 Å². The Labute approximate surface area is 149 Å². The van der Waals surface area contributed by atoms with E-state index >= 15 is 0 Å². The van der Waals surface area contributed by atoms with Crippen LogP contribution < -0.4 is 4.80 Å². The van der Waals surface area contributed by atoms with Crippen molar-refractivity contribution in [1.29, 1.82) is 0 Å². The molecule has 0 unspecified atom stereocenters. The molecular weight excluding hydrogens is 364 g/mol. The van der Waals surface area contributed by atoms with E-state index in [1.165, 1.54) is 11.3 Å². The average Bonchev–Trinajstić information content (AvgIpc) is 2.84. The molecule has 1 aromatic heterocycles. The molecule has 0 saturated heterocycles. The summed E-state index contributed by atoms with van der Waals surface area (Å²) in [5, 5.41) is 0.574. The highest BCUT2D eigenvalue weighted by molar-refractivity contribution is 7.90. The Bertz CT molecular complexity index is 1120. The number of aryl methyl sites for hydroxylation is 1. The lowest BCUT2D eigenvalue weighted by Gasteiger charge is -2.01. The Kier molecular flexibility index (Phi) is 4.50. The van der Waals surface area contributed by atoms with Crippen molar-refractivity contribution in [3.8, 4) is 12.3 Å². The molecule has 0 amide bonds. The molecule has 0 N–H and O–H groups in total. The SMILES string of the molecule is C#CCn1c(=NS(=O)(=O)c2ccc(C)cc2)sc2cc(Cl)ccc21. The molecule has 0 fully saturated rings. The Morgan fingerprint density at radius 1 is 1.25 bits per heavy atom. The summed E-state index contributed by atoms with van der Waals surface area (Å²) in [4.78, 5) is 0.474. The van der Waals surface area contributed by atoms with E-state index in [4.69, 9.17) is 18.0 Å². The van der Waals surface area contributed by atoms with Crippen molar-refractivity contribution in [1.82, 2.24) is 4.57 Å². The number of thiazole rings is 1. The van der Waals surface area contributed by atoms with Crippen molar-refractivity contribution in [3.63, 3.8) is 0 Å². The fourth-order valence-electron chi connectivity index (χ4n) is 2.23. The van der Waals surface area contributed by atoms with Crippen LogP contribution in [-0.4, -0.2) is 13.0 Å². The van der Waals surface area contributed by atoms with Crippen LogP contribution in [0.15, 0.2) is 51.8 Å². The second kappa shape index (κ2) is 6.44. The molecule has 0 aliphatic heterocycles. The molecule has 0 aliphatic rings. The molecule has 2 aromatic carbocycles.